The molecule has 0 saturated heterocycles. The summed E-state index contributed by atoms with van der Waals surface area (Å²) < 4.78 is 0. The van der Waals surface area contributed by atoms with Crippen LogP contribution in [0.15, 0.2) is 48.5 Å². The van der Waals surface area contributed by atoms with E-state index in [1.165, 1.54) is 19.1 Å². The van der Waals surface area contributed by atoms with E-state index in [2.05, 4.69) is 10.6 Å². The van der Waals surface area contributed by atoms with Crippen LogP contribution in [-0.4, -0.2) is 68.4 Å². The molecule has 0 heterocycles. The van der Waals surface area contributed by atoms with Crippen LogP contribution in [0.2, 0.25) is 0 Å². The number of aromatic hydroxyl groups is 1. The van der Waals surface area contributed by atoms with E-state index in [9.17, 15) is 39.5 Å². The summed E-state index contributed by atoms with van der Waals surface area (Å²) in [6.07, 6.45) is 0.0288. The van der Waals surface area contributed by atoms with E-state index in [-0.39, 0.29) is 17.9 Å². The summed E-state index contributed by atoms with van der Waals surface area (Å²) in [6.45, 7) is 3.64. The molecule has 0 aromatic heterocycles. The first-order chi connectivity index (χ1) is 18.3. The molecule has 0 bridgehead atoms. The highest BCUT2D eigenvalue weighted by Crippen LogP contribution is 2.29. The molecule has 3 atom stereocenters. The Hall–Kier alpha value is -4.52. The normalized spacial score (nSPS) is 13.2. The number of rotatable bonds is 13. The van der Waals surface area contributed by atoms with Crippen LogP contribution >= 0.6 is 0 Å². The van der Waals surface area contributed by atoms with Gasteiger partial charge in [-0.05, 0) is 24.5 Å². The Balaban J connectivity index is 2.17. The topological polar surface area (TPSA) is 205 Å². The summed E-state index contributed by atoms with van der Waals surface area (Å²) in [5.41, 5.74) is 6.08. The highest BCUT2D eigenvalue weighted by Gasteiger charge is 2.33. The first kappa shape index (κ1) is 30.7. The van der Waals surface area contributed by atoms with Gasteiger partial charge >= 0.3 is 5.97 Å². The lowest BCUT2D eigenvalue weighted by Crippen LogP contribution is -2.55. The number of hydrogen-bond acceptors (Lipinski definition) is 8. The number of carboxylic acids is 1. The summed E-state index contributed by atoms with van der Waals surface area (Å²) in [6, 6.07) is 8.78. The fourth-order valence-corrected chi connectivity index (χ4v) is 3.70. The zero-order chi connectivity index (χ0) is 29.3. The van der Waals surface area contributed by atoms with Crippen molar-refractivity contribution in [2.45, 2.75) is 51.9 Å². The summed E-state index contributed by atoms with van der Waals surface area (Å²) in [7, 11) is 0. The van der Waals surface area contributed by atoms with Crippen molar-refractivity contribution in [3.8, 4) is 5.75 Å². The lowest BCUT2D eigenvalue weighted by atomic mass is 10.0. The number of nitrogens with two attached hydrogens (primary N) is 1. The Morgan fingerprint density at radius 3 is 2.26 bits per heavy atom. The predicted octanol–water partition coefficient (Wildman–Crippen LogP) is 0.929. The van der Waals surface area contributed by atoms with Gasteiger partial charge in [-0.2, -0.15) is 0 Å². The van der Waals surface area contributed by atoms with Gasteiger partial charge in [-0.1, -0.05) is 50.2 Å². The van der Waals surface area contributed by atoms with E-state index in [0.717, 1.165) is 11.0 Å². The SMILES string of the molecule is CC(C)[C@H](N)C(=O)N(Cc1c(O)cccc1[N+](=O)[O-])[C@@H](C)C(=O)NCC(=O)N[C@@H](Cc1ccccc1)C(=O)O. The van der Waals surface area contributed by atoms with Crippen molar-refractivity contribution < 1.29 is 34.3 Å². The number of amides is 3. The first-order valence-electron chi connectivity index (χ1n) is 12.2. The maximum Gasteiger partial charge on any atom is 0.326 e. The molecule has 0 unspecified atom stereocenters. The fourth-order valence-electron chi connectivity index (χ4n) is 3.70. The van der Waals surface area contributed by atoms with Crippen molar-refractivity contribution in [1.29, 1.82) is 0 Å². The molecule has 13 heteroatoms. The smallest absolute Gasteiger partial charge is 0.326 e. The molecule has 3 amide bonds. The van der Waals surface area contributed by atoms with Crippen molar-refractivity contribution in [3.63, 3.8) is 0 Å². The van der Waals surface area contributed by atoms with Crippen molar-refractivity contribution in [2.75, 3.05) is 6.54 Å². The Morgan fingerprint density at radius 2 is 1.69 bits per heavy atom. The van der Waals surface area contributed by atoms with Crippen LogP contribution in [0.4, 0.5) is 5.69 Å². The fraction of sp³-hybridized carbons (Fsp3) is 0.385. The van der Waals surface area contributed by atoms with Crippen LogP contribution < -0.4 is 16.4 Å². The van der Waals surface area contributed by atoms with Crippen LogP contribution in [0.1, 0.15) is 31.9 Å². The minimum absolute atomic E-state index is 0.0288. The molecular formula is C26H33N5O8. The van der Waals surface area contributed by atoms with E-state index in [1.54, 1.807) is 44.2 Å². The number of nitrogens with zero attached hydrogens (tertiary/aromatic N) is 2. The number of benzene rings is 2. The molecule has 2 aromatic rings. The van der Waals surface area contributed by atoms with Crippen molar-refractivity contribution in [3.05, 3.63) is 69.8 Å². The van der Waals surface area contributed by atoms with E-state index < -0.39 is 71.3 Å². The van der Waals surface area contributed by atoms with E-state index in [0.29, 0.717) is 5.56 Å². The summed E-state index contributed by atoms with van der Waals surface area (Å²) >= 11 is 0. The monoisotopic (exact) mass is 543 g/mol. The second-order valence-corrected chi connectivity index (χ2v) is 9.31. The van der Waals surface area contributed by atoms with Gasteiger partial charge in [-0.3, -0.25) is 24.5 Å². The van der Waals surface area contributed by atoms with Crippen LogP contribution in [0.25, 0.3) is 0 Å². The number of carbonyl (C=O) groups excluding carboxylic acids is 3. The second-order valence-electron chi connectivity index (χ2n) is 9.31. The van der Waals surface area contributed by atoms with Gasteiger partial charge in [0.25, 0.3) is 5.69 Å². The van der Waals surface area contributed by atoms with E-state index in [1.807, 2.05) is 0 Å². The third-order valence-corrected chi connectivity index (χ3v) is 6.12. The molecule has 0 aliphatic rings. The zero-order valence-corrected chi connectivity index (χ0v) is 21.9. The highest BCUT2D eigenvalue weighted by molar-refractivity contribution is 5.92. The number of nitro groups is 1. The van der Waals surface area contributed by atoms with E-state index >= 15 is 0 Å². The second kappa shape index (κ2) is 13.9. The van der Waals surface area contributed by atoms with Gasteiger partial charge in [0.1, 0.15) is 17.8 Å². The number of hydrogen-bond donors (Lipinski definition) is 5. The standard InChI is InChI=1S/C26H33N5O8/c1-15(2)23(27)25(35)30(14-18-20(31(38)39)10-7-11-21(18)32)16(3)24(34)28-13-22(33)29-19(26(36)37)12-17-8-5-4-6-9-17/h4-11,15-16,19,23,32H,12-14,27H2,1-3H3,(H,28,34)(H,29,33)(H,36,37)/t16-,19-,23-/m0/s1. The molecule has 6 N–H and O–H groups in total. The molecule has 13 nitrogen and oxygen atoms in total. The molecule has 2 aromatic carbocycles. The van der Waals surface area contributed by atoms with Crippen LogP contribution in [0.3, 0.4) is 0 Å². The average Bonchev–Trinajstić information content (AvgIpc) is 2.89. The molecule has 0 aliphatic heterocycles. The number of phenolic OH excluding ortho intramolecular Hbond substituents is 1. The lowest BCUT2D eigenvalue weighted by Gasteiger charge is -2.32. The van der Waals surface area contributed by atoms with Crippen molar-refractivity contribution in [2.24, 2.45) is 11.7 Å². The van der Waals surface area contributed by atoms with Crippen LogP contribution in [0, 0.1) is 16.0 Å². The molecule has 0 radical (unpaired) electrons. The molecular weight excluding hydrogens is 510 g/mol. The molecule has 0 fully saturated rings. The van der Waals surface area contributed by atoms with Gasteiger partial charge in [0.2, 0.25) is 17.7 Å². The Morgan fingerprint density at radius 1 is 1.05 bits per heavy atom. The van der Waals surface area contributed by atoms with Crippen LogP contribution in [-0.2, 0) is 32.1 Å². The summed E-state index contributed by atoms with van der Waals surface area (Å²) in [5, 5.41) is 36.0. The Kier molecular flexibility index (Phi) is 10.9. The third kappa shape index (κ3) is 8.50. The lowest BCUT2D eigenvalue weighted by molar-refractivity contribution is -0.385. The van der Waals surface area contributed by atoms with Gasteiger partial charge in [0, 0.05) is 12.5 Å². The highest BCUT2D eigenvalue weighted by atomic mass is 16.6. The number of nitro benzene ring substituents is 1. The van der Waals surface area contributed by atoms with Gasteiger partial charge in [-0.15, -0.1) is 0 Å². The Labute approximate surface area is 225 Å². The minimum atomic E-state index is -1.26. The van der Waals surface area contributed by atoms with Gasteiger partial charge < -0.3 is 31.5 Å². The van der Waals surface area contributed by atoms with Crippen molar-refractivity contribution in [1.82, 2.24) is 15.5 Å². The quantitative estimate of drug-likeness (QED) is 0.180. The minimum Gasteiger partial charge on any atom is -0.507 e. The number of carbonyl (C=O) groups is 4. The van der Waals surface area contributed by atoms with Gasteiger partial charge in [-0.25, -0.2) is 4.79 Å². The molecule has 2 rings (SSSR count). The predicted molar refractivity (Wildman–Crippen MR) is 140 cm³/mol. The summed E-state index contributed by atoms with van der Waals surface area (Å²) in [5.74, 6) is -4.28. The maximum atomic E-state index is 13.2. The number of aliphatic carboxylic acids is 1. The molecule has 0 aliphatic carbocycles. The molecule has 0 saturated carbocycles. The van der Waals surface area contributed by atoms with Gasteiger partial charge in [0.15, 0.2) is 0 Å². The van der Waals surface area contributed by atoms with Gasteiger partial charge in [0.05, 0.1) is 29.6 Å². The first-order valence-corrected chi connectivity index (χ1v) is 12.2. The van der Waals surface area contributed by atoms with Crippen molar-refractivity contribution >= 4 is 29.4 Å². The van der Waals surface area contributed by atoms with E-state index in [4.69, 9.17) is 5.73 Å². The molecule has 0 spiro atoms. The number of carboxylic acid groups (broad SMARTS) is 1. The number of phenols is 1. The zero-order valence-electron chi connectivity index (χ0n) is 21.9. The average molecular weight is 544 g/mol. The molecule has 39 heavy (non-hydrogen) atoms. The number of nitrogens with one attached hydrogen (secondary N) is 2. The largest absolute Gasteiger partial charge is 0.507 e. The molecule has 210 valence electrons. The van der Waals surface area contributed by atoms with Crippen LogP contribution in [0.5, 0.6) is 5.75 Å². The maximum absolute atomic E-state index is 13.2. The Bertz CT molecular complexity index is 1200. The summed E-state index contributed by atoms with van der Waals surface area (Å²) in [4.78, 5) is 62.0. The third-order valence-electron chi connectivity index (χ3n) is 6.12.